The number of aryl methyl sites for hydroxylation is 2. The summed E-state index contributed by atoms with van der Waals surface area (Å²) in [6.07, 6.45) is 2.60. The highest BCUT2D eigenvalue weighted by Crippen LogP contribution is 2.34. The highest BCUT2D eigenvalue weighted by molar-refractivity contribution is 7.62. The maximum atomic E-state index is 13.3. The number of halogens is 1. The van der Waals surface area contributed by atoms with Gasteiger partial charge in [-0.15, -0.1) is 11.3 Å². The molecule has 3 rings (SSSR count). The van der Waals surface area contributed by atoms with Gasteiger partial charge in [-0.1, -0.05) is 4.36 Å². The molecule has 0 aliphatic carbocycles. The van der Waals surface area contributed by atoms with E-state index in [0.29, 0.717) is 26.8 Å². The molecule has 0 aliphatic heterocycles. The average Bonchev–Trinajstić information content (AvgIpc) is 3.09. The van der Waals surface area contributed by atoms with Crippen LogP contribution in [0.1, 0.15) is 16.2 Å². The molecule has 0 aromatic carbocycles. The van der Waals surface area contributed by atoms with Gasteiger partial charge in [-0.2, -0.15) is 13.5 Å². The normalized spacial score (nSPS) is 10.7. The minimum atomic E-state index is -2.83. The molecule has 0 atom stereocenters. The molecule has 3 aromatic rings. The standard InChI is InChI=1S/C14H10FN5O3S2/c1-7-12(24-14(17-7)8-3-9(15)6-16-5-8)10-4-11(20(2)18-10)13(21)19-25(22)23/h3-6H,1-2H3. The van der Waals surface area contributed by atoms with Crippen molar-refractivity contribution in [2.24, 2.45) is 11.4 Å². The first-order chi connectivity index (χ1) is 11.8. The first kappa shape index (κ1) is 17.0. The number of hydrogen-bond acceptors (Lipinski definition) is 7. The fourth-order valence-corrected chi connectivity index (χ4v) is 3.41. The van der Waals surface area contributed by atoms with E-state index in [4.69, 9.17) is 0 Å². The van der Waals surface area contributed by atoms with Crippen LogP contribution < -0.4 is 0 Å². The van der Waals surface area contributed by atoms with Gasteiger partial charge in [0.1, 0.15) is 22.2 Å². The number of carbonyl (C=O) groups excluding carboxylic acids is 1. The number of amides is 1. The molecule has 0 aliphatic rings. The molecule has 0 N–H and O–H groups in total. The predicted octanol–water partition coefficient (Wildman–Crippen LogP) is 2.26. The van der Waals surface area contributed by atoms with E-state index in [1.54, 1.807) is 6.92 Å². The van der Waals surface area contributed by atoms with E-state index in [1.165, 1.54) is 41.4 Å². The lowest BCUT2D eigenvalue weighted by molar-refractivity contribution is 0.0996. The number of carbonyl (C=O) groups is 1. The zero-order valence-electron chi connectivity index (χ0n) is 13.0. The largest absolute Gasteiger partial charge is 0.319 e. The Hall–Kier alpha value is -2.79. The molecule has 8 nitrogen and oxygen atoms in total. The van der Waals surface area contributed by atoms with E-state index in [1.807, 2.05) is 0 Å². The number of hydrogen-bond donors (Lipinski definition) is 0. The lowest BCUT2D eigenvalue weighted by atomic mass is 10.2. The third-order valence-electron chi connectivity index (χ3n) is 3.24. The maximum Gasteiger partial charge on any atom is 0.319 e. The average molecular weight is 379 g/mol. The van der Waals surface area contributed by atoms with Gasteiger partial charge < -0.3 is 0 Å². The monoisotopic (exact) mass is 379 g/mol. The Labute approximate surface area is 146 Å². The van der Waals surface area contributed by atoms with Gasteiger partial charge in [-0.3, -0.25) is 14.5 Å². The predicted molar refractivity (Wildman–Crippen MR) is 87.9 cm³/mol. The van der Waals surface area contributed by atoms with Crippen molar-refractivity contribution in [3.05, 3.63) is 41.7 Å². The van der Waals surface area contributed by atoms with Gasteiger partial charge in [0, 0.05) is 18.8 Å². The summed E-state index contributed by atoms with van der Waals surface area (Å²) in [6, 6.07) is 2.76. The second-order valence-corrected chi connectivity index (χ2v) is 6.59. The van der Waals surface area contributed by atoms with Crippen molar-refractivity contribution in [3.63, 3.8) is 0 Å². The number of thiazole rings is 1. The quantitative estimate of drug-likeness (QED) is 0.691. The molecule has 1 amide bonds. The summed E-state index contributed by atoms with van der Waals surface area (Å²) in [7, 11) is -1.33. The summed E-state index contributed by atoms with van der Waals surface area (Å²) >= 11 is 1.26. The van der Waals surface area contributed by atoms with E-state index < -0.39 is 22.2 Å². The third kappa shape index (κ3) is 3.51. The van der Waals surface area contributed by atoms with Crippen molar-refractivity contribution >= 4 is 27.7 Å². The molecule has 0 saturated heterocycles. The Morgan fingerprint density at radius 3 is 2.76 bits per heavy atom. The highest BCUT2D eigenvalue weighted by Gasteiger charge is 2.19. The summed E-state index contributed by atoms with van der Waals surface area (Å²) in [4.78, 5) is 20.6. The minimum Gasteiger partial charge on any atom is -0.264 e. The van der Waals surface area contributed by atoms with Crippen LogP contribution in [-0.4, -0.2) is 34.1 Å². The molecule has 11 heteroatoms. The maximum absolute atomic E-state index is 13.3. The Bertz CT molecular complexity index is 1110. The second kappa shape index (κ2) is 6.61. The van der Waals surface area contributed by atoms with Crippen LogP contribution in [0.25, 0.3) is 21.1 Å². The van der Waals surface area contributed by atoms with Crippen molar-refractivity contribution in [2.75, 3.05) is 0 Å². The Balaban J connectivity index is 2.04. The molecule has 25 heavy (non-hydrogen) atoms. The smallest absolute Gasteiger partial charge is 0.264 e. The van der Waals surface area contributed by atoms with Crippen LogP contribution in [0.2, 0.25) is 0 Å². The summed E-state index contributed by atoms with van der Waals surface area (Å²) in [5.74, 6) is -1.38. The Morgan fingerprint density at radius 2 is 2.08 bits per heavy atom. The molecule has 3 aromatic heterocycles. The lowest BCUT2D eigenvalue weighted by Gasteiger charge is -1.94. The van der Waals surface area contributed by atoms with Crippen LogP contribution in [0, 0.1) is 12.7 Å². The highest BCUT2D eigenvalue weighted by atomic mass is 32.2. The fraction of sp³-hybridized carbons (Fsp3) is 0.143. The lowest BCUT2D eigenvalue weighted by Crippen LogP contribution is -2.03. The number of pyridine rings is 1. The van der Waals surface area contributed by atoms with Crippen LogP contribution >= 0.6 is 11.3 Å². The van der Waals surface area contributed by atoms with Gasteiger partial charge in [0.2, 0.25) is 0 Å². The van der Waals surface area contributed by atoms with Gasteiger partial charge in [-0.25, -0.2) is 9.37 Å². The van der Waals surface area contributed by atoms with Gasteiger partial charge in [0.15, 0.2) is 0 Å². The molecule has 0 radical (unpaired) electrons. The van der Waals surface area contributed by atoms with Crippen LogP contribution in [0.15, 0.2) is 28.9 Å². The van der Waals surface area contributed by atoms with Crippen molar-refractivity contribution < 1.29 is 17.6 Å². The molecule has 128 valence electrons. The van der Waals surface area contributed by atoms with Crippen molar-refractivity contribution in [3.8, 4) is 21.1 Å². The van der Waals surface area contributed by atoms with Crippen LogP contribution in [0.5, 0.6) is 0 Å². The van der Waals surface area contributed by atoms with Crippen molar-refractivity contribution in [2.45, 2.75) is 6.92 Å². The number of aromatic nitrogens is 4. The van der Waals surface area contributed by atoms with Gasteiger partial charge in [0.05, 0.1) is 16.8 Å². The van der Waals surface area contributed by atoms with E-state index in [9.17, 15) is 17.6 Å². The second-order valence-electron chi connectivity index (χ2n) is 4.98. The molecule has 3 heterocycles. The Morgan fingerprint density at radius 1 is 1.32 bits per heavy atom. The van der Waals surface area contributed by atoms with Gasteiger partial charge >= 0.3 is 16.4 Å². The topological polar surface area (TPSA) is 107 Å². The van der Waals surface area contributed by atoms with Gasteiger partial charge in [-0.05, 0) is 19.1 Å². The van der Waals surface area contributed by atoms with Crippen molar-refractivity contribution in [1.29, 1.82) is 0 Å². The summed E-state index contributed by atoms with van der Waals surface area (Å²) in [6.45, 7) is 1.76. The summed E-state index contributed by atoms with van der Waals surface area (Å²) in [5.41, 5.74) is 1.65. The van der Waals surface area contributed by atoms with E-state index in [2.05, 4.69) is 19.4 Å². The van der Waals surface area contributed by atoms with Gasteiger partial charge in [0.25, 0.3) is 0 Å². The number of nitrogens with zero attached hydrogens (tertiary/aromatic N) is 5. The molecular weight excluding hydrogens is 369 g/mol. The van der Waals surface area contributed by atoms with E-state index >= 15 is 0 Å². The van der Waals surface area contributed by atoms with E-state index in [0.717, 1.165) is 6.20 Å². The van der Waals surface area contributed by atoms with E-state index in [-0.39, 0.29) is 5.69 Å². The van der Waals surface area contributed by atoms with Crippen LogP contribution in [0.4, 0.5) is 4.39 Å². The van der Waals surface area contributed by atoms with Crippen LogP contribution in [0.3, 0.4) is 0 Å². The number of rotatable bonds is 3. The Kier molecular flexibility index (Phi) is 4.51. The fourth-order valence-electron chi connectivity index (χ4n) is 2.18. The molecule has 0 spiro atoms. The van der Waals surface area contributed by atoms with Crippen molar-refractivity contribution in [1.82, 2.24) is 19.7 Å². The summed E-state index contributed by atoms with van der Waals surface area (Å²) < 4.78 is 38.6. The SMILES string of the molecule is Cc1nc(-c2cncc(F)c2)sc1-c1cc(C(=O)N=S(=O)=O)n(C)n1. The summed E-state index contributed by atoms with van der Waals surface area (Å²) in [5, 5.41) is 4.77. The minimum absolute atomic E-state index is 0.0287. The zero-order chi connectivity index (χ0) is 18.1. The molecule has 0 fully saturated rings. The first-order valence-corrected chi connectivity index (χ1v) is 8.68. The molecular formula is C14H10FN5O3S2. The third-order valence-corrected chi connectivity index (χ3v) is 4.78. The molecule has 0 saturated carbocycles. The first-order valence-electron chi connectivity index (χ1n) is 6.83. The zero-order valence-corrected chi connectivity index (χ0v) is 14.6. The van der Waals surface area contributed by atoms with Crippen LogP contribution in [-0.2, 0) is 17.5 Å². The molecule has 0 bridgehead atoms. The molecule has 0 unspecified atom stereocenters.